The molecule has 0 atom stereocenters. The van der Waals surface area contributed by atoms with Crippen molar-refractivity contribution in [3.05, 3.63) is 30.7 Å². The molecule has 0 saturated heterocycles. The highest BCUT2D eigenvalue weighted by Crippen LogP contribution is 2.23. The second kappa shape index (κ2) is 9.74. The van der Waals surface area contributed by atoms with E-state index >= 15 is 0 Å². The van der Waals surface area contributed by atoms with Gasteiger partial charge in [-0.25, -0.2) is 14.6 Å². The van der Waals surface area contributed by atoms with E-state index in [0.29, 0.717) is 24.0 Å². The van der Waals surface area contributed by atoms with Gasteiger partial charge in [-0.1, -0.05) is 11.8 Å². The molecule has 0 saturated carbocycles. The minimum Gasteiger partial charge on any atom is -0.367 e. The van der Waals surface area contributed by atoms with Crippen LogP contribution in [0.5, 0.6) is 0 Å². The number of carbonyl (C=O) groups excluding carboxylic acids is 1. The van der Waals surface area contributed by atoms with Gasteiger partial charge in [-0.15, -0.1) is 11.8 Å². The van der Waals surface area contributed by atoms with E-state index in [1.54, 1.807) is 23.3 Å². The molecule has 3 heterocycles. The summed E-state index contributed by atoms with van der Waals surface area (Å²) < 4.78 is 1.80. The summed E-state index contributed by atoms with van der Waals surface area (Å²) in [4.78, 5) is 26.2. The Morgan fingerprint density at radius 3 is 2.75 bits per heavy atom. The number of aromatic nitrogens is 5. The zero-order valence-electron chi connectivity index (χ0n) is 16.0. The van der Waals surface area contributed by atoms with Gasteiger partial charge >= 0.3 is 0 Å². The number of rotatable bonds is 9. The van der Waals surface area contributed by atoms with Crippen molar-refractivity contribution in [2.24, 2.45) is 0 Å². The normalized spacial score (nSPS) is 11.1. The number of thioether (sulfide) groups is 2. The maximum Gasteiger partial charge on any atom is 0.230 e. The van der Waals surface area contributed by atoms with Crippen LogP contribution in [0.4, 0.5) is 5.82 Å². The quantitative estimate of drug-likeness (QED) is 0.405. The smallest absolute Gasteiger partial charge is 0.230 e. The number of hydrogen-bond acceptors (Lipinski definition) is 8. The zero-order chi connectivity index (χ0) is 19.9. The highest BCUT2D eigenvalue weighted by atomic mass is 32.2. The largest absolute Gasteiger partial charge is 0.367 e. The Balaban J connectivity index is 1.60. The number of pyridine rings is 1. The molecule has 28 heavy (non-hydrogen) atoms. The molecule has 1 amide bonds. The lowest BCUT2D eigenvalue weighted by molar-refractivity contribution is -0.118. The Morgan fingerprint density at radius 1 is 1.25 bits per heavy atom. The summed E-state index contributed by atoms with van der Waals surface area (Å²) in [6, 6.07) is 4.03. The molecule has 0 aliphatic heterocycles. The van der Waals surface area contributed by atoms with Crippen LogP contribution < -0.4 is 10.6 Å². The predicted octanol–water partition coefficient (Wildman–Crippen LogP) is 2.67. The molecule has 0 aliphatic carbocycles. The van der Waals surface area contributed by atoms with Crippen molar-refractivity contribution in [1.82, 2.24) is 30.0 Å². The number of hydrogen-bond donors (Lipinski definition) is 2. The predicted molar refractivity (Wildman–Crippen MR) is 114 cm³/mol. The number of nitrogens with zero attached hydrogens (tertiary/aromatic N) is 5. The van der Waals surface area contributed by atoms with Crippen molar-refractivity contribution in [3.63, 3.8) is 0 Å². The topological polar surface area (TPSA) is 97.6 Å². The van der Waals surface area contributed by atoms with E-state index < -0.39 is 0 Å². The summed E-state index contributed by atoms with van der Waals surface area (Å²) in [5.41, 5.74) is 0.767. The van der Waals surface area contributed by atoms with Gasteiger partial charge in [0.2, 0.25) is 5.91 Å². The van der Waals surface area contributed by atoms with Crippen LogP contribution in [0.3, 0.4) is 0 Å². The molecular weight excluding hydrogens is 394 g/mol. The van der Waals surface area contributed by atoms with Gasteiger partial charge in [0, 0.05) is 29.9 Å². The molecule has 0 fully saturated rings. The summed E-state index contributed by atoms with van der Waals surface area (Å²) in [6.07, 6.45) is 7.15. The van der Waals surface area contributed by atoms with E-state index in [1.165, 1.54) is 23.5 Å². The fraction of sp³-hybridized carbons (Fsp3) is 0.389. The van der Waals surface area contributed by atoms with Crippen LogP contribution in [0, 0.1) is 0 Å². The van der Waals surface area contributed by atoms with Gasteiger partial charge in [0.1, 0.15) is 5.82 Å². The molecule has 0 unspecified atom stereocenters. The van der Waals surface area contributed by atoms with Gasteiger partial charge in [0.25, 0.3) is 0 Å². The minimum atomic E-state index is -0.0140. The highest BCUT2D eigenvalue weighted by Gasteiger charge is 2.13. The third-order valence-corrected chi connectivity index (χ3v) is 5.31. The maximum absolute atomic E-state index is 12.1. The SMILES string of the molecule is CSc1nc(NC(C)C)c2cnn(CCNC(=O)CSc3ccncc3)c2n1. The molecule has 3 aromatic heterocycles. The molecule has 0 radical (unpaired) electrons. The molecule has 2 N–H and O–H groups in total. The average Bonchev–Trinajstić information content (AvgIpc) is 3.10. The zero-order valence-corrected chi connectivity index (χ0v) is 17.7. The Morgan fingerprint density at radius 2 is 2.04 bits per heavy atom. The Bertz CT molecular complexity index is 930. The molecule has 0 aromatic carbocycles. The van der Waals surface area contributed by atoms with E-state index in [0.717, 1.165) is 21.7 Å². The molecule has 0 bridgehead atoms. The van der Waals surface area contributed by atoms with Crippen molar-refractivity contribution >= 4 is 46.3 Å². The molecule has 0 aliphatic rings. The third kappa shape index (κ3) is 5.35. The van der Waals surface area contributed by atoms with Crippen LogP contribution in [-0.2, 0) is 11.3 Å². The Hall–Kier alpha value is -2.33. The van der Waals surface area contributed by atoms with Crippen LogP contribution in [0.2, 0.25) is 0 Å². The fourth-order valence-electron chi connectivity index (χ4n) is 2.51. The molecule has 148 valence electrons. The highest BCUT2D eigenvalue weighted by molar-refractivity contribution is 8.00. The fourth-order valence-corrected chi connectivity index (χ4v) is 3.58. The molecule has 10 heteroatoms. The Kier molecular flexibility index (Phi) is 7.10. The summed E-state index contributed by atoms with van der Waals surface area (Å²) >= 11 is 2.98. The third-order valence-electron chi connectivity index (χ3n) is 3.75. The van der Waals surface area contributed by atoms with Crippen molar-refractivity contribution in [2.75, 3.05) is 23.9 Å². The lowest BCUT2D eigenvalue weighted by Crippen LogP contribution is -2.29. The molecule has 0 spiro atoms. The lowest BCUT2D eigenvalue weighted by Gasteiger charge is -2.11. The van der Waals surface area contributed by atoms with Crippen LogP contribution >= 0.6 is 23.5 Å². The first-order valence-corrected chi connectivity index (χ1v) is 11.1. The summed E-state index contributed by atoms with van der Waals surface area (Å²) in [7, 11) is 0. The molecule has 8 nitrogen and oxygen atoms in total. The van der Waals surface area contributed by atoms with Gasteiger partial charge in [-0.05, 0) is 32.2 Å². The number of carbonyl (C=O) groups is 1. The lowest BCUT2D eigenvalue weighted by atomic mass is 10.3. The van der Waals surface area contributed by atoms with Gasteiger partial charge in [-0.3, -0.25) is 9.78 Å². The standard InChI is InChI=1S/C18H23N7OS2/c1-12(2)22-16-14-10-21-25(17(14)24-18(23-16)27-3)9-8-20-15(26)11-28-13-4-6-19-7-5-13/h4-7,10,12H,8-9,11H2,1-3H3,(H,20,26)(H,22,23,24). The number of amides is 1. The van der Waals surface area contributed by atoms with Crippen molar-refractivity contribution in [2.45, 2.75) is 36.5 Å². The summed E-state index contributed by atoms with van der Waals surface area (Å²) in [5.74, 6) is 1.14. The van der Waals surface area contributed by atoms with Gasteiger partial charge in [0.05, 0.1) is 23.9 Å². The van der Waals surface area contributed by atoms with Crippen molar-refractivity contribution in [1.29, 1.82) is 0 Å². The van der Waals surface area contributed by atoms with Crippen LogP contribution in [0.15, 0.2) is 40.8 Å². The summed E-state index contributed by atoms with van der Waals surface area (Å²) in [5, 5.41) is 12.3. The number of anilines is 1. The second-order valence-electron chi connectivity index (χ2n) is 6.28. The van der Waals surface area contributed by atoms with E-state index in [4.69, 9.17) is 0 Å². The van der Waals surface area contributed by atoms with Crippen molar-refractivity contribution < 1.29 is 4.79 Å². The Labute approximate surface area is 172 Å². The van der Waals surface area contributed by atoms with Gasteiger partial charge < -0.3 is 10.6 Å². The van der Waals surface area contributed by atoms with E-state index in [2.05, 4.69) is 44.5 Å². The first kappa shape index (κ1) is 20.4. The maximum atomic E-state index is 12.1. The first-order chi connectivity index (χ1) is 13.6. The minimum absolute atomic E-state index is 0.0140. The number of fused-ring (bicyclic) bond motifs is 1. The second-order valence-corrected chi connectivity index (χ2v) is 8.11. The summed E-state index contributed by atoms with van der Waals surface area (Å²) in [6.45, 7) is 5.16. The van der Waals surface area contributed by atoms with Gasteiger partial charge in [0.15, 0.2) is 10.8 Å². The molecule has 3 aromatic rings. The van der Waals surface area contributed by atoms with Gasteiger partial charge in [-0.2, -0.15) is 5.10 Å². The first-order valence-electron chi connectivity index (χ1n) is 8.90. The van der Waals surface area contributed by atoms with E-state index in [-0.39, 0.29) is 11.9 Å². The number of nitrogens with one attached hydrogen (secondary N) is 2. The van der Waals surface area contributed by atoms with Crippen LogP contribution in [0.1, 0.15) is 13.8 Å². The van der Waals surface area contributed by atoms with Crippen LogP contribution in [-0.4, -0.2) is 55.2 Å². The van der Waals surface area contributed by atoms with E-state index in [9.17, 15) is 4.79 Å². The molecular formula is C18H23N7OS2. The monoisotopic (exact) mass is 417 g/mol. The average molecular weight is 418 g/mol. The van der Waals surface area contributed by atoms with Crippen molar-refractivity contribution in [3.8, 4) is 0 Å². The van der Waals surface area contributed by atoms with E-state index in [1.807, 2.05) is 18.4 Å². The molecule has 3 rings (SSSR count). The van der Waals surface area contributed by atoms with Crippen LogP contribution in [0.25, 0.3) is 11.0 Å².